The number of hydrogen-bond donors (Lipinski definition) is 2. The standard InChI is InChI=1S/C11H17N3O2/c1-8-5-14(6-10(7-15)16-8)9-2-3-13-11(12)4-9/h2-4,8,10,15H,5-7H2,1H3,(H2,12,13). The van der Waals surface area contributed by atoms with Crippen LogP contribution in [-0.2, 0) is 4.74 Å². The van der Waals surface area contributed by atoms with Crippen LogP contribution >= 0.6 is 0 Å². The summed E-state index contributed by atoms with van der Waals surface area (Å²) in [5.74, 6) is 0.511. The van der Waals surface area contributed by atoms with Gasteiger partial charge in [0.15, 0.2) is 0 Å². The number of aliphatic hydroxyl groups excluding tert-OH is 1. The van der Waals surface area contributed by atoms with Crippen molar-refractivity contribution in [3.8, 4) is 0 Å². The molecule has 1 aliphatic heterocycles. The molecule has 1 saturated heterocycles. The molecule has 0 radical (unpaired) electrons. The Morgan fingerprint density at radius 1 is 1.62 bits per heavy atom. The molecule has 2 heterocycles. The van der Waals surface area contributed by atoms with Crippen molar-refractivity contribution >= 4 is 11.5 Å². The molecule has 88 valence electrons. The van der Waals surface area contributed by atoms with Crippen molar-refractivity contribution in [2.75, 3.05) is 30.3 Å². The third-order valence-corrected chi connectivity index (χ3v) is 2.66. The summed E-state index contributed by atoms with van der Waals surface area (Å²) in [6.07, 6.45) is 1.68. The molecule has 2 unspecified atom stereocenters. The zero-order valence-corrected chi connectivity index (χ0v) is 9.34. The number of ether oxygens (including phenoxy) is 1. The predicted molar refractivity (Wildman–Crippen MR) is 62.3 cm³/mol. The number of hydrogen-bond acceptors (Lipinski definition) is 5. The molecule has 5 heteroatoms. The van der Waals surface area contributed by atoms with Gasteiger partial charge in [0.05, 0.1) is 18.8 Å². The summed E-state index contributed by atoms with van der Waals surface area (Å²) >= 11 is 0. The van der Waals surface area contributed by atoms with Gasteiger partial charge in [0.2, 0.25) is 0 Å². The van der Waals surface area contributed by atoms with Crippen LogP contribution in [0.1, 0.15) is 6.92 Å². The first-order valence-corrected chi connectivity index (χ1v) is 5.42. The molecule has 1 aromatic rings. The Balaban J connectivity index is 2.14. The van der Waals surface area contributed by atoms with Crippen molar-refractivity contribution in [2.24, 2.45) is 0 Å². The highest BCUT2D eigenvalue weighted by molar-refractivity contribution is 5.52. The van der Waals surface area contributed by atoms with Crippen molar-refractivity contribution in [3.63, 3.8) is 0 Å². The van der Waals surface area contributed by atoms with Crippen LogP contribution in [0.25, 0.3) is 0 Å². The summed E-state index contributed by atoms with van der Waals surface area (Å²) in [5.41, 5.74) is 6.68. The van der Waals surface area contributed by atoms with Gasteiger partial charge in [0.25, 0.3) is 0 Å². The van der Waals surface area contributed by atoms with Crippen LogP contribution in [0.2, 0.25) is 0 Å². The predicted octanol–water partition coefficient (Wildman–Crippen LogP) is 0.250. The number of aliphatic hydroxyl groups is 1. The van der Waals surface area contributed by atoms with Crippen molar-refractivity contribution in [1.29, 1.82) is 0 Å². The Labute approximate surface area is 94.8 Å². The zero-order valence-electron chi connectivity index (χ0n) is 9.34. The first-order valence-electron chi connectivity index (χ1n) is 5.42. The molecule has 0 amide bonds. The second-order valence-electron chi connectivity index (χ2n) is 4.10. The molecule has 5 nitrogen and oxygen atoms in total. The Morgan fingerprint density at radius 2 is 2.44 bits per heavy atom. The number of aromatic nitrogens is 1. The second kappa shape index (κ2) is 4.67. The molecule has 1 fully saturated rings. The van der Waals surface area contributed by atoms with E-state index in [1.165, 1.54) is 0 Å². The third kappa shape index (κ3) is 2.43. The zero-order chi connectivity index (χ0) is 11.5. The molecule has 0 bridgehead atoms. The van der Waals surface area contributed by atoms with E-state index in [2.05, 4.69) is 9.88 Å². The number of nitrogen functional groups attached to an aromatic ring is 1. The summed E-state index contributed by atoms with van der Waals surface area (Å²) < 4.78 is 5.58. The number of pyridine rings is 1. The van der Waals surface area contributed by atoms with Gasteiger partial charge in [-0.25, -0.2) is 4.98 Å². The van der Waals surface area contributed by atoms with Gasteiger partial charge in [-0.2, -0.15) is 0 Å². The fraction of sp³-hybridized carbons (Fsp3) is 0.545. The van der Waals surface area contributed by atoms with Crippen LogP contribution in [0, 0.1) is 0 Å². The van der Waals surface area contributed by atoms with E-state index < -0.39 is 0 Å². The lowest BCUT2D eigenvalue weighted by Gasteiger charge is -2.37. The molecule has 1 aromatic heterocycles. The maximum Gasteiger partial charge on any atom is 0.125 e. The Hall–Kier alpha value is -1.33. The molecule has 3 N–H and O–H groups in total. The Morgan fingerprint density at radius 3 is 3.12 bits per heavy atom. The van der Waals surface area contributed by atoms with E-state index in [0.717, 1.165) is 12.2 Å². The lowest BCUT2D eigenvalue weighted by Crippen LogP contribution is -2.48. The second-order valence-corrected chi connectivity index (χ2v) is 4.10. The minimum atomic E-state index is -0.127. The molecule has 16 heavy (non-hydrogen) atoms. The number of anilines is 2. The van der Waals surface area contributed by atoms with E-state index in [1.807, 2.05) is 19.1 Å². The SMILES string of the molecule is CC1CN(c2ccnc(N)c2)CC(CO)O1. The van der Waals surface area contributed by atoms with Gasteiger partial charge >= 0.3 is 0 Å². The third-order valence-electron chi connectivity index (χ3n) is 2.66. The minimum Gasteiger partial charge on any atom is -0.394 e. The molecular weight excluding hydrogens is 206 g/mol. The summed E-state index contributed by atoms with van der Waals surface area (Å²) in [4.78, 5) is 6.12. The van der Waals surface area contributed by atoms with Crippen LogP contribution in [0.5, 0.6) is 0 Å². The van der Waals surface area contributed by atoms with Crippen molar-refractivity contribution in [3.05, 3.63) is 18.3 Å². The largest absolute Gasteiger partial charge is 0.394 e. The maximum atomic E-state index is 9.14. The van der Waals surface area contributed by atoms with E-state index >= 15 is 0 Å². The monoisotopic (exact) mass is 223 g/mol. The van der Waals surface area contributed by atoms with Gasteiger partial charge in [-0.05, 0) is 13.0 Å². The van der Waals surface area contributed by atoms with Crippen LogP contribution in [0.15, 0.2) is 18.3 Å². The van der Waals surface area contributed by atoms with Gasteiger partial charge < -0.3 is 20.5 Å². The van der Waals surface area contributed by atoms with Crippen LogP contribution in [-0.4, -0.2) is 42.0 Å². The molecule has 0 spiro atoms. The quantitative estimate of drug-likeness (QED) is 0.752. The summed E-state index contributed by atoms with van der Waals surface area (Å²) in [5, 5.41) is 9.14. The smallest absolute Gasteiger partial charge is 0.125 e. The topological polar surface area (TPSA) is 71.6 Å². The Kier molecular flexibility index (Phi) is 3.26. The molecular formula is C11H17N3O2. The summed E-state index contributed by atoms with van der Waals surface area (Å²) in [6.45, 7) is 3.53. The molecule has 0 aliphatic carbocycles. The maximum absolute atomic E-state index is 9.14. The summed E-state index contributed by atoms with van der Waals surface area (Å²) in [6, 6.07) is 3.76. The average Bonchev–Trinajstić information content (AvgIpc) is 2.28. The molecule has 0 aromatic carbocycles. The molecule has 2 rings (SSSR count). The highest BCUT2D eigenvalue weighted by Gasteiger charge is 2.24. The fourth-order valence-electron chi connectivity index (χ4n) is 1.99. The summed E-state index contributed by atoms with van der Waals surface area (Å²) in [7, 11) is 0. The number of rotatable bonds is 2. The Bertz CT molecular complexity index is 359. The number of nitrogens with two attached hydrogens (primary N) is 1. The fourth-order valence-corrected chi connectivity index (χ4v) is 1.99. The van der Waals surface area contributed by atoms with E-state index in [-0.39, 0.29) is 18.8 Å². The first kappa shape index (κ1) is 11.2. The molecule has 2 atom stereocenters. The minimum absolute atomic E-state index is 0.0431. The lowest BCUT2D eigenvalue weighted by molar-refractivity contribution is -0.0421. The van der Waals surface area contributed by atoms with Gasteiger partial charge in [0, 0.05) is 31.0 Å². The van der Waals surface area contributed by atoms with Crippen LogP contribution < -0.4 is 10.6 Å². The first-order chi connectivity index (χ1) is 7.69. The number of morpholine rings is 1. The molecule has 0 saturated carbocycles. The van der Waals surface area contributed by atoms with E-state index in [0.29, 0.717) is 12.4 Å². The number of nitrogens with zero attached hydrogens (tertiary/aromatic N) is 2. The normalized spacial score (nSPS) is 25.8. The lowest BCUT2D eigenvalue weighted by atomic mass is 10.2. The van der Waals surface area contributed by atoms with E-state index in [4.69, 9.17) is 15.6 Å². The van der Waals surface area contributed by atoms with Crippen LogP contribution in [0.4, 0.5) is 11.5 Å². The van der Waals surface area contributed by atoms with Gasteiger partial charge in [-0.1, -0.05) is 0 Å². The van der Waals surface area contributed by atoms with Crippen LogP contribution in [0.3, 0.4) is 0 Å². The molecule has 1 aliphatic rings. The van der Waals surface area contributed by atoms with Crippen molar-refractivity contribution in [2.45, 2.75) is 19.1 Å². The van der Waals surface area contributed by atoms with E-state index in [1.54, 1.807) is 6.20 Å². The van der Waals surface area contributed by atoms with Gasteiger partial charge in [-0.3, -0.25) is 0 Å². The highest BCUT2D eigenvalue weighted by Crippen LogP contribution is 2.20. The van der Waals surface area contributed by atoms with Crippen molar-refractivity contribution in [1.82, 2.24) is 4.98 Å². The average molecular weight is 223 g/mol. The van der Waals surface area contributed by atoms with Crippen molar-refractivity contribution < 1.29 is 9.84 Å². The van der Waals surface area contributed by atoms with E-state index in [9.17, 15) is 0 Å². The van der Waals surface area contributed by atoms with Gasteiger partial charge in [0.1, 0.15) is 5.82 Å². The highest BCUT2D eigenvalue weighted by atomic mass is 16.5. The van der Waals surface area contributed by atoms with Gasteiger partial charge in [-0.15, -0.1) is 0 Å².